The summed E-state index contributed by atoms with van der Waals surface area (Å²) in [4.78, 5) is 10.6. The van der Waals surface area contributed by atoms with Gasteiger partial charge in [0.25, 0.3) is 0 Å². The van der Waals surface area contributed by atoms with Gasteiger partial charge in [0.1, 0.15) is 5.69 Å². The van der Waals surface area contributed by atoms with Crippen LogP contribution in [-0.4, -0.2) is 44.0 Å². The fourth-order valence-corrected chi connectivity index (χ4v) is 2.40. The van der Waals surface area contributed by atoms with Crippen molar-refractivity contribution in [2.24, 2.45) is 7.05 Å². The number of rotatable bonds is 6. The van der Waals surface area contributed by atoms with Gasteiger partial charge in [-0.25, -0.2) is 4.68 Å². The first-order chi connectivity index (χ1) is 8.42. The SMILES string of the molecule is CSC(CO)C(C)Nc1c([N+](=O)[O-])c(C)nn1C. The van der Waals surface area contributed by atoms with Crippen LogP contribution in [0.15, 0.2) is 0 Å². The molecule has 0 aromatic carbocycles. The third kappa shape index (κ3) is 2.94. The molecule has 1 aromatic heterocycles. The topological polar surface area (TPSA) is 93.2 Å². The molecule has 0 saturated carbocycles. The maximum atomic E-state index is 11.0. The number of aliphatic hydroxyl groups is 1. The van der Waals surface area contributed by atoms with Gasteiger partial charge in [0.15, 0.2) is 0 Å². The molecular formula is C10H18N4O3S. The van der Waals surface area contributed by atoms with Crippen molar-refractivity contribution in [1.82, 2.24) is 9.78 Å². The van der Waals surface area contributed by atoms with Crippen molar-refractivity contribution in [3.63, 3.8) is 0 Å². The Morgan fingerprint density at radius 3 is 2.72 bits per heavy atom. The number of anilines is 1. The normalized spacial score (nSPS) is 14.3. The average molecular weight is 274 g/mol. The highest BCUT2D eigenvalue weighted by atomic mass is 32.2. The molecule has 0 aliphatic carbocycles. The minimum atomic E-state index is -0.440. The van der Waals surface area contributed by atoms with Crippen molar-refractivity contribution in [2.75, 3.05) is 18.2 Å². The van der Waals surface area contributed by atoms with Crippen LogP contribution in [0, 0.1) is 17.0 Å². The summed E-state index contributed by atoms with van der Waals surface area (Å²) in [6, 6.07) is -0.0986. The molecule has 0 aliphatic heterocycles. The van der Waals surface area contributed by atoms with Crippen LogP contribution in [0.25, 0.3) is 0 Å². The largest absolute Gasteiger partial charge is 0.395 e. The summed E-state index contributed by atoms with van der Waals surface area (Å²) in [7, 11) is 1.65. The van der Waals surface area contributed by atoms with Crippen LogP contribution < -0.4 is 5.32 Å². The fourth-order valence-electron chi connectivity index (χ4n) is 1.77. The Labute approximate surface area is 110 Å². The van der Waals surface area contributed by atoms with E-state index >= 15 is 0 Å². The minimum Gasteiger partial charge on any atom is -0.395 e. The Bertz CT molecular complexity index is 431. The maximum absolute atomic E-state index is 11.0. The van der Waals surface area contributed by atoms with Crippen molar-refractivity contribution in [3.8, 4) is 0 Å². The van der Waals surface area contributed by atoms with Crippen LogP contribution in [0.2, 0.25) is 0 Å². The van der Waals surface area contributed by atoms with E-state index in [2.05, 4.69) is 10.4 Å². The van der Waals surface area contributed by atoms with E-state index in [-0.39, 0.29) is 23.6 Å². The van der Waals surface area contributed by atoms with Gasteiger partial charge in [-0.2, -0.15) is 16.9 Å². The zero-order valence-electron chi connectivity index (χ0n) is 10.9. The molecule has 1 heterocycles. The lowest BCUT2D eigenvalue weighted by Crippen LogP contribution is -2.32. The number of thioether (sulfide) groups is 1. The first-order valence-electron chi connectivity index (χ1n) is 5.50. The van der Waals surface area contributed by atoms with E-state index in [4.69, 9.17) is 0 Å². The van der Waals surface area contributed by atoms with Gasteiger partial charge in [-0.15, -0.1) is 0 Å². The van der Waals surface area contributed by atoms with Crippen LogP contribution in [-0.2, 0) is 7.05 Å². The number of aliphatic hydroxyl groups excluding tert-OH is 1. The summed E-state index contributed by atoms with van der Waals surface area (Å²) in [5.41, 5.74) is 0.365. The van der Waals surface area contributed by atoms with Crippen molar-refractivity contribution in [3.05, 3.63) is 15.8 Å². The summed E-state index contributed by atoms with van der Waals surface area (Å²) in [6.07, 6.45) is 1.89. The van der Waals surface area contributed by atoms with Crippen molar-refractivity contribution < 1.29 is 10.0 Å². The smallest absolute Gasteiger partial charge is 0.333 e. The number of aromatic nitrogens is 2. The van der Waals surface area contributed by atoms with Gasteiger partial charge in [0.2, 0.25) is 5.82 Å². The van der Waals surface area contributed by atoms with E-state index in [0.29, 0.717) is 11.5 Å². The highest BCUT2D eigenvalue weighted by Crippen LogP contribution is 2.28. The third-order valence-electron chi connectivity index (χ3n) is 2.78. The van der Waals surface area contributed by atoms with Crippen LogP contribution in [0.4, 0.5) is 11.5 Å². The molecule has 7 nitrogen and oxygen atoms in total. The van der Waals surface area contributed by atoms with Gasteiger partial charge in [-0.1, -0.05) is 0 Å². The summed E-state index contributed by atoms with van der Waals surface area (Å²) in [6.45, 7) is 3.50. The molecule has 0 bridgehead atoms. The van der Waals surface area contributed by atoms with Crippen molar-refractivity contribution >= 4 is 23.3 Å². The van der Waals surface area contributed by atoms with E-state index in [9.17, 15) is 15.2 Å². The van der Waals surface area contributed by atoms with Crippen LogP contribution in [0.1, 0.15) is 12.6 Å². The number of nitrogens with one attached hydrogen (secondary N) is 1. The van der Waals surface area contributed by atoms with Gasteiger partial charge in [0, 0.05) is 18.3 Å². The number of hydrogen-bond donors (Lipinski definition) is 2. The van der Waals surface area contributed by atoms with Crippen LogP contribution in [0.3, 0.4) is 0 Å². The van der Waals surface area contributed by atoms with E-state index in [1.807, 2.05) is 13.2 Å². The first-order valence-corrected chi connectivity index (χ1v) is 6.79. The molecule has 2 atom stereocenters. The summed E-state index contributed by atoms with van der Waals surface area (Å²) in [5, 5.41) is 27.3. The summed E-state index contributed by atoms with van der Waals surface area (Å²) < 4.78 is 1.46. The van der Waals surface area contributed by atoms with E-state index in [1.54, 1.807) is 14.0 Å². The number of hydrogen-bond acceptors (Lipinski definition) is 6. The second kappa shape index (κ2) is 6.05. The van der Waals surface area contributed by atoms with Gasteiger partial charge >= 0.3 is 5.69 Å². The van der Waals surface area contributed by atoms with Gasteiger partial charge in [-0.3, -0.25) is 10.1 Å². The molecule has 2 N–H and O–H groups in total. The molecule has 0 spiro atoms. The summed E-state index contributed by atoms with van der Waals surface area (Å²) in [5.74, 6) is 0.373. The van der Waals surface area contributed by atoms with Gasteiger partial charge < -0.3 is 10.4 Å². The average Bonchev–Trinajstić information content (AvgIpc) is 2.55. The zero-order chi connectivity index (χ0) is 13.9. The van der Waals surface area contributed by atoms with Gasteiger partial charge in [0.05, 0.1) is 11.5 Å². The Hall–Kier alpha value is -1.28. The lowest BCUT2D eigenvalue weighted by Gasteiger charge is -2.21. The van der Waals surface area contributed by atoms with E-state index in [0.717, 1.165) is 0 Å². The standard InChI is InChI=1S/C10H18N4O3S/c1-6(8(5-15)18-4)11-10-9(14(16)17)7(2)12-13(10)3/h6,8,11,15H,5H2,1-4H3. The van der Waals surface area contributed by atoms with Crippen LogP contribution >= 0.6 is 11.8 Å². The molecule has 1 aromatic rings. The Morgan fingerprint density at radius 1 is 1.67 bits per heavy atom. The number of nitrogens with zero attached hydrogens (tertiary/aromatic N) is 3. The maximum Gasteiger partial charge on any atom is 0.333 e. The molecule has 2 unspecified atom stereocenters. The monoisotopic (exact) mass is 274 g/mol. The molecule has 18 heavy (non-hydrogen) atoms. The van der Waals surface area contributed by atoms with Crippen molar-refractivity contribution in [2.45, 2.75) is 25.1 Å². The highest BCUT2D eigenvalue weighted by molar-refractivity contribution is 7.99. The fraction of sp³-hybridized carbons (Fsp3) is 0.700. The molecule has 0 saturated heterocycles. The van der Waals surface area contributed by atoms with Crippen molar-refractivity contribution in [1.29, 1.82) is 0 Å². The lowest BCUT2D eigenvalue weighted by atomic mass is 10.2. The number of aryl methyl sites for hydroxylation is 2. The first kappa shape index (κ1) is 14.8. The summed E-state index contributed by atoms with van der Waals surface area (Å²) >= 11 is 1.51. The Kier molecular flexibility index (Phi) is 4.97. The van der Waals surface area contributed by atoms with E-state index < -0.39 is 4.92 Å². The quantitative estimate of drug-likeness (QED) is 0.597. The predicted octanol–water partition coefficient (Wildman–Crippen LogP) is 1.16. The molecule has 0 radical (unpaired) electrons. The molecule has 1 rings (SSSR count). The minimum absolute atomic E-state index is 0.0119. The molecule has 0 fully saturated rings. The second-order valence-electron chi connectivity index (χ2n) is 4.05. The van der Waals surface area contributed by atoms with Crippen LogP contribution in [0.5, 0.6) is 0 Å². The molecular weight excluding hydrogens is 256 g/mol. The predicted molar refractivity (Wildman–Crippen MR) is 72.1 cm³/mol. The molecule has 8 heteroatoms. The number of nitro groups is 1. The molecule has 0 amide bonds. The molecule has 102 valence electrons. The van der Waals surface area contributed by atoms with E-state index in [1.165, 1.54) is 16.4 Å². The van der Waals surface area contributed by atoms with Gasteiger partial charge in [-0.05, 0) is 20.1 Å². The highest BCUT2D eigenvalue weighted by Gasteiger charge is 2.26. The third-order valence-corrected chi connectivity index (χ3v) is 3.94. The lowest BCUT2D eigenvalue weighted by molar-refractivity contribution is -0.384. The zero-order valence-corrected chi connectivity index (χ0v) is 11.7. The second-order valence-corrected chi connectivity index (χ2v) is 5.13. The Morgan fingerprint density at radius 2 is 2.28 bits per heavy atom. The molecule has 0 aliphatic rings. The Balaban J connectivity index is 3.00.